The van der Waals surface area contributed by atoms with Gasteiger partial charge in [0.25, 0.3) is 0 Å². The summed E-state index contributed by atoms with van der Waals surface area (Å²) < 4.78 is 0. The fraction of sp³-hybridized carbons (Fsp3) is 0.238. The fourth-order valence-electron chi connectivity index (χ4n) is 3.40. The van der Waals surface area contributed by atoms with E-state index in [-0.39, 0.29) is 17.9 Å². The third-order valence-corrected chi connectivity index (χ3v) is 7.55. The van der Waals surface area contributed by atoms with Gasteiger partial charge < -0.3 is 10.2 Å². The molecule has 0 spiro atoms. The normalized spacial score (nSPS) is 15.9. The van der Waals surface area contributed by atoms with Crippen molar-refractivity contribution in [2.75, 3.05) is 17.6 Å². The number of thiophene rings is 2. The van der Waals surface area contributed by atoms with Crippen LogP contribution in [0.2, 0.25) is 0 Å². The van der Waals surface area contributed by atoms with Crippen LogP contribution in [0.15, 0.2) is 58.1 Å². The Bertz CT molecular complexity index is 964. The second kappa shape index (κ2) is 8.51. The lowest BCUT2D eigenvalue weighted by Crippen LogP contribution is -2.40. The predicted octanol–water partition coefficient (Wildman–Crippen LogP) is 5.03. The van der Waals surface area contributed by atoms with E-state index >= 15 is 0 Å². The second-order valence-electron chi connectivity index (χ2n) is 6.55. The molecule has 0 aliphatic carbocycles. The summed E-state index contributed by atoms with van der Waals surface area (Å²) in [5, 5.41) is 6.96. The number of thioether (sulfide) groups is 1. The number of hydrogen-bond acceptors (Lipinski definition) is 5. The standard InChI is InChI=1S/C21H20N2O2S3/c1-14(24)22-15-4-6-16(7-5-15)28-13-20(25)23-10-8-18-17(9-12-27-18)21(23)19-3-2-11-26-19/h2-7,9,11-12,21H,8,10,13H2,1H3,(H,22,24)/t21-/m1/s1. The van der Waals surface area contributed by atoms with E-state index in [0.29, 0.717) is 5.75 Å². The van der Waals surface area contributed by atoms with Crippen molar-refractivity contribution >= 4 is 51.9 Å². The Balaban J connectivity index is 1.46. The lowest BCUT2D eigenvalue weighted by molar-refractivity contribution is -0.130. The summed E-state index contributed by atoms with van der Waals surface area (Å²) in [5.74, 6) is 0.472. The molecule has 3 aromatic rings. The summed E-state index contributed by atoms with van der Waals surface area (Å²) in [7, 11) is 0. The first kappa shape index (κ1) is 19.2. The van der Waals surface area contributed by atoms with Crippen LogP contribution in [0.3, 0.4) is 0 Å². The fourth-order valence-corrected chi connectivity index (χ4v) is 5.95. The van der Waals surface area contributed by atoms with Crippen LogP contribution < -0.4 is 5.32 Å². The maximum Gasteiger partial charge on any atom is 0.233 e. The molecule has 0 bridgehead atoms. The van der Waals surface area contributed by atoms with Crippen molar-refractivity contribution in [1.82, 2.24) is 4.90 Å². The van der Waals surface area contributed by atoms with Gasteiger partial charge in [-0.15, -0.1) is 34.4 Å². The van der Waals surface area contributed by atoms with E-state index in [4.69, 9.17) is 0 Å². The Morgan fingerprint density at radius 2 is 1.96 bits per heavy atom. The van der Waals surface area contributed by atoms with Crippen molar-refractivity contribution in [2.45, 2.75) is 24.3 Å². The van der Waals surface area contributed by atoms with Crippen molar-refractivity contribution in [3.05, 3.63) is 68.5 Å². The summed E-state index contributed by atoms with van der Waals surface area (Å²) in [4.78, 5) is 29.9. The molecule has 3 heterocycles. The number of anilines is 1. The molecule has 0 saturated heterocycles. The molecule has 144 valence electrons. The molecule has 2 aromatic heterocycles. The quantitative estimate of drug-likeness (QED) is 0.580. The highest BCUT2D eigenvalue weighted by Crippen LogP contribution is 2.39. The number of carbonyl (C=O) groups is 2. The van der Waals surface area contributed by atoms with Gasteiger partial charge in [0.1, 0.15) is 0 Å². The smallest absolute Gasteiger partial charge is 0.233 e. The van der Waals surface area contributed by atoms with Crippen molar-refractivity contribution in [1.29, 1.82) is 0 Å². The van der Waals surface area contributed by atoms with Gasteiger partial charge in [0.2, 0.25) is 11.8 Å². The zero-order valence-electron chi connectivity index (χ0n) is 15.4. The molecule has 2 amide bonds. The summed E-state index contributed by atoms with van der Waals surface area (Å²) in [6, 6.07) is 14.0. The minimum absolute atomic E-state index is 0.0326. The topological polar surface area (TPSA) is 49.4 Å². The maximum absolute atomic E-state index is 13.1. The third kappa shape index (κ3) is 4.16. The van der Waals surface area contributed by atoms with Gasteiger partial charge in [-0.3, -0.25) is 9.59 Å². The first-order chi connectivity index (χ1) is 13.6. The molecule has 1 atom stereocenters. The Morgan fingerprint density at radius 3 is 2.68 bits per heavy atom. The number of amides is 2. The minimum atomic E-state index is -0.0897. The van der Waals surface area contributed by atoms with E-state index in [1.165, 1.54) is 34.0 Å². The van der Waals surface area contributed by atoms with Crippen LogP contribution in [0, 0.1) is 0 Å². The van der Waals surface area contributed by atoms with Crippen LogP contribution in [0.1, 0.15) is 28.3 Å². The summed E-state index contributed by atoms with van der Waals surface area (Å²) >= 11 is 5.03. The van der Waals surface area contributed by atoms with Gasteiger partial charge >= 0.3 is 0 Å². The van der Waals surface area contributed by atoms with E-state index in [1.54, 1.807) is 22.7 Å². The molecule has 28 heavy (non-hydrogen) atoms. The predicted molar refractivity (Wildman–Crippen MR) is 117 cm³/mol. The van der Waals surface area contributed by atoms with Gasteiger partial charge in [0.05, 0.1) is 11.8 Å². The average Bonchev–Trinajstić information content (AvgIpc) is 3.37. The molecular weight excluding hydrogens is 408 g/mol. The van der Waals surface area contributed by atoms with Gasteiger partial charge in [-0.2, -0.15) is 0 Å². The van der Waals surface area contributed by atoms with E-state index < -0.39 is 0 Å². The van der Waals surface area contributed by atoms with Crippen molar-refractivity contribution in [2.24, 2.45) is 0 Å². The van der Waals surface area contributed by atoms with Crippen LogP contribution in [0.5, 0.6) is 0 Å². The first-order valence-corrected chi connectivity index (χ1v) is 11.8. The molecular formula is C21H20N2O2S3. The van der Waals surface area contributed by atoms with Crippen LogP contribution in [-0.2, 0) is 16.0 Å². The number of hydrogen-bond donors (Lipinski definition) is 1. The average molecular weight is 429 g/mol. The highest BCUT2D eigenvalue weighted by molar-refractivity contribution is 8.00. The summed E-state index contributed by atoms with van der Waals surface area (Å²) in [6.45, 7) is 2.25. The van der Waals surface area contributed by atoms with Gasteiger partial charge in [-0.05, 0) is 59.1 Å². The second-order valence-corrected chi connectivity index (χ2v) is 9.58. The molecule has 1 N–H and O–H groups in total. The third-order valence-electron chi connectivity index (χ3n) is 4.64. The van der Waals surface area contributed by atoms with Gasteiger partial charge in [0, 0.05) is 33.8 Å². The lowest BCUT2D eigenvalue weighted by atomic mass is 9.98. The van der Waals surface area contributed by atoms with Gasteiger partial charge in [-0.1, -0.05) is 6.07 Å². The number of nitrogens with zero attached hydrogens (tertiary/aromatic N) is 1. The first-order valence-electron chi connectivity index (χ1n) is 9.01. The van der Waals surface area contributed by atoms with E-state index in [1.807, 2.05) is 29.2 Å². The Kier molecular flexibility index (Phi) is 5.85. The molecule has 0 unspecified atom stereocenters. The number of carbonyl (C=O) groups excluding carboxylic acids is 2. The molecule has 1 aromatic carbocycles. The largest absolute Gasteiger partial charge is 0.330 e. The lowest BCUT2D eigenvalue weighted by Gasteiger charge is -2.35. The molecule has 0 radical (unpaired) electrons. The zero-order chi connectivity index (χ0) is 19.5. The molecule has 1 aliphatic rings. The molecule has 4 rings (SSSR count). The maximum atomic E-state index is 13.1. The van der Waals surface area contributed by atoms with Gasteiger partial charge in [-0.25, -0.2) is 0 Å². The molecule has 0 saturated carbocycles. The van der Waals surface area contributed by atoms with Gasteiger partial charge in [0.15, 0.2) is 0 Å². The van der Waals surface area contributed by atoms with Crippen molar-refractivity contribution in [3.8, 4) is 0 Å². The number of benzene rings is 1. The molecule has 4 nitrogen and oxygen atoms in total. The minimum Gasteiger partial charge on any atom is -0.330 e. The van der Waals surface area contributed by atoms with Crippen LogP contribution in [0.4, 0.5) is 5.69 Å². The molecule has 7 heteroatoms. The molecule has 1 aliphatic heterocycles. The Morgan fingerprint density at radius 1 is 1.14 bits per heavy atom. The SMILES string of the molecule is CC(=O)Nc1ccc(SCC(=O)N2CCc3sccc3[C@@H]2c2cccs2)cc1. The van der Waals surface area contributed by atoms with E-state index in [2.05, 4.69) is 34.3 Å². The number of nitrogens with one attached hydrogen (secondary N) is 1. The summed E-state index contributed by atoms with van der Waals surface area (Å²) in [5.41, 5.74) is 2.04. The summed E-state index contributed by atoms with van der Waals surface area (Å²) in [6.07, 6.45) is 0.927. The van der Waals surface area contributed by atoms with E-state index in [0.717, 1.165) is 23.5 Å². The Hall–Kier alpha value is -2.09. The highest BCUT2D eigenvalue weighted by atomic mass is 32.2. The highest BCUT2D eigenvalue weighted by Gasteiger charge is 2.33. The zero-order valence-corrected chi connectivity index (χ0v) is 17.8. The Labute approximate surface area is 176 Å². The monoisotopic (exact) mass is 428 g/mol. The van der Waals surface area contributed by atoms with Crippen molar-refractivity contribution < 1.29 is 9.59 Å². The van der Waals surface area contributed by atoms with Crippen LogP contribution in [0.25, 0.3) is 0 Å². The number of rotatable bonds is 5. The van der Waals surface area contributed by atoms with E-state index in [9.17, 15) is 9.59 Å². The molecule has 0 fully saturated rings. The van der Waals surface area contributed by atoms with Crippen LogP contribution >= 0.6 is 34.4 Å². The van der Waals surface area contributed by atoms with Crippen LogP contribution in [-0.4, -0.2) is 29.0 Å². The number of fused-ring (bicyclic) bond motifs is 1. The van der Waals surface area contributed by atoms with Crippen molar-refractivity contribution in [3.63, 3.8) is 0 Å².